The van der Waals surface area contributed by atoms with Gasteiger partial charge in [0.15, 0.2) is 5.96 Å². The molecule has 1 atom stereocenters. The molecule has 158 valence electrons. The van der Waals surface area contributed by atoms with Crippen LogP contribution in [-0.2, 0) is 13.6 Å². The molecule has 2 heterocycles. The van der Waals surface area contributed by atoms with Crippen molar-refractivity contribution in [1.29, 1.82) is 0 Å². The first kappa shape index (κ1) is 21.2. The molecule has 0 saturated carbocycles. The number of hydrogen-bond donors (Lipinski definition) is 1. The molecular weight excluding hydrogens is 364 g/mol. The van der Waals surface area contributed by atoms with Gasteiger partial charge in [0.05, 0.1) is 12.7 Å². The Kier molecular flexibility index (Phi) is 7.52. The number of para-hydroxylation sites is 1. The summed E-state index contributed by atoms with van der Waals surface area (Å²) in [6.07, 6.45) is 5.24. The summed E-state index contributed by atoms with van der Waals surface area (Å²) in [4.78, 5) is 9.40. The SMILES string of the molecule is CCNC(=NCc1ccccc1OCCN(C)C)N1CCC(c2cnn(C)c2)C1. The lowest BCUT2D eigenvalue weighted by atomic mass is 10.0. The van der Waals surface area contributed by atoms with Gasteiger partial charge in [0.25, 0.3) is 0 Å². The van der Waals surface area contributed by atoms with Crippen LogP contribution in [0.4, 0.5) is 0 Å². The fourth-order valence-electron chi connectivity index (χ4n) is 3.57. The van der Waals surface area contributed by atoms with E-state index in [1.54, 1.807) is 0 Å². The number of likely N-dealkylation sites (tertiary alicyclic amines) is 1. The smallest absolute Gasteiger partial charge is 0.194 e. The molecule has 1 aliphatic heterocycles. The summed E-state index contributed by atoms with van der Waals surface area (Å²) in [5, 5.41) is 7.78. The van der Waals surface area contributed by atoms with Crippen molar-refractivity contribution in [1.82, 2.24) is 24.9 Å². The van der Waals surface area contributed by atoms with Gasteiger partial charge in [-0.15, -0.1) is 0 Å². The van der Waals surface area contributed by atoms with Crippen LogP contribution in [0.5, 0.6) is 5.75 Å². The number of aromatic nitrogens is 2. The zero-order valence-electron chi connectivity index (χ0n) is 18.1. The van der Waals surface area contributed by atoms with Gasteiger partial charge in [0, 0.05) is 50.9 Å². The molecule has 0 amide bonds. The Morgan fingerprint density at radius 3 is 2.90 bits per heavy atom. The second-order valence-corrected chi connectivity index (χ2v) is 7.81. The Balaban J connectivity index is 1.65. The number of nitrogens with zero attached hydrogens (tertiary/aromatic N) is 5. The van der Waals surface area contributed by atoms with E-state index in [0.29, 0.717) is 19.1 Å². The Bertz CT molecular complexity index is 800. The van der Waals surface area contributed by atoms with Crippen molar-refractivity contribution >= 4 is 5.96 Å². The Hall–Kier alpha value is -2.54. The molecule has 7 nitrogen and oxygen atoms in total. The van der Waals surface area contributed by atoms with Crippen LogP contribution in [0.1, 0.15) is 30.4 Å². The van der Waals surface area contributed by atoms with Gasteiger partial charge in [-0.3, -0.25) is 4.68 Å². The minimum atomic E-state index is 0.509. The second-order valence-electron chi connectivity index (χ2n) is 7.81. The number of hydrogen-bond acceptors (Lipinski definition) is 4. The lowest BCUT2D eigenvalue weighted by molar-refractivity contribution is 0.259. The van der Waals surface area contributed by atoms with Crippen molar-refractivity contribution in [3.05, 3.63) is 47.8 Å². The number of aliphatic imine (C=N–C) groups is 1. The zero-order chi connectivity index (χ0) is 20.6. The van der Waals surface area contributed by atoms with Gasteiger partial charge in [-0.2, -0.15) is 5.10 Å². The highest BCUT2D eigenvalue weighted by molar-refractivity contribution is 5.80. The van der Waals surface area contributed by atoms with Gasteiger partial charge < -0.3 is 19.9 Å². The first-order valence-electron chi connectivity index (χ1n) is 10.4. The minimum absolute atomic E-state index is 0.509. The molecule has 1 saturated heterocycles. The predicted octanol–water partition coefficient (Wildman–Crippen LogP) is 2.32. The van der Waals surface area contributed by atoms with Gasteiger partial charge in [-0.25, -0.2) is 4.99 Å². The van der Waals surface area contributed by atoms with Gasteiger partial charge >= 0.3 is 0 Å². The molecule has 1 unspecified atom stereocenters. The summed E-state index contributed by atoms with van der Waals surface area (Å²) in [6.45, 7) is 7.12. The van der Waals surface area contributed by atoms with Crippen LogP contribution < -0.4 is 10.1 Å². The van der Waals surface area contributed by atoms with Crippen LogP contribution in [0.15, 0.2) is 41.7 Å². The molecule has 1 N–H and O–H groups in total. The third-order valence-electron chi connectivity index (χ3n) is 5.19. The van der Waals surface area contributed by atoms with Crippen molar-refractivity contribution in [3.8, 4) is 5.75 Å². The van der Waals surface area contributed by atoms with E-state index in [-0.39, 0.29) is 0 Å². The van der Waals surface area contributed by atoms with Crippen molar-refractivity contribution in [2.75, 3.05) is 46.9 Å². The Morgan fingerprint density at radius 1 is 1.34 bits per heavy atom. The molecule has 0 radical (unpaired) electrons. The van der Waals surface area contributed by atoms with E-state index in [0.717, 1.165) is 49.9 Å². The molecule has 1 aromatic carbocycles. The normalized spacial score (nSPS) is 17.2. The highest BCUT2D eigenvalue weighted by Gasteiger charge is 2.26. The molecule has 0 bridgehead atoms. The third kappa shape index (κ3) is 5.97. The van der Waals surface area contributed by atoms with Crippen molar-refractivity contribution in [2.45, 2.75) is 25.8 Å². The van der Waals surface area contributed by atoms with E-state index in [1.807, 2.05) is 36.1 Å². The van der Waals surface area contributed by atoms with Gasteiger partial charge in [0.2, 0.25) is 0 Å². The van der Waals surface area contributed by atoms with E-state index < -0.39 is 0 Å². The molecule has 0 aliphatic carbocycles. The number of ether oxygens (including phenoxy) is 1. The van der Waals surface area contributed by atoms with E-state index in [9.17, 15) is 0 Å². The van der Waals surface area contributed by atoms with Gasteiger partial charge in [-0.1, -0.05) is 18.2 Å². The molecule has 1 aromatic heterocycles. The summed E-state index contributed by atoms with van der Waals surface area (Å²) in [6, 6.07) is 8.19. The van der Waals surface area contributed by atoms with Gasteiger partial charge in [-0.05, 0) is 39.1 Å². The molecule has 1 aliphatic rings. The van der Waals surface area contributed by atoms with E-state index >= 15 is 0 Å². The average molecular weight is 399 g/mol. The largest absolute Gasteiger partial charge is 0.492 e. The monoisotopic (exact) mass is 398 g/mol. The van der Waals surface area contributed by atoms with E-state index in [4.69, 9.17) is 9.73 Å². The molecular formula is C22H34N6O. The molecule has 7 heteroatoms. The summed E-state index contributed by atoms with van der Waals surface area (Å²) in [7, 11) is 6.08. The third-order valence-corrected chi connectivity index (χ3v) is 5.19. The molecule has 1 fully saturated rings. The highest BCUT2D eigenvalue weighted by Crippen LogP contribution is 2.27. The summed E-state index contributed by atoms with van der Waals surface area (Å²) in [5.41, 5.74) is 2.43. The maximum absolute atomic E-state index is 5.99. The van der Waals surface area contributed by atoms with Gasteiger partial charge in [0.1, 0.15) is 12.4 Å². The van der Waals surface area contributed by atoms with Crippen molar-refractivity contribution in [2.24, 2.45) is 12.0 Å². The molecule has 29 heavy (non-hydrogen) atoms. The van der Waals surface area contributed by atoms with Crippen molar-refractivity contribution < 1.29 is 4.74 Å². The number of nitrogens with one attached hydrogen (secondary N) is 1. The minimum Gasteiger partial charge on any atom is -0.492 e. The fraction of sp³-hybridized carbons (Fsp3) is 0.545. The number of likely N-dealkylation sites (N-methyl/N-ethyl adjacent to an activating group) is 1. The quantitative estimate of drug-likeness (QED) is 0.546. The lowest BCUT2D eigenvalue weighted by Crippen LogP contribution is -2.40. The molecule has 2 aromatic rings. The van der Waals surface area contributed by atoms with Crippen LogP contribution in [0.25, 0.3) is 0 Å². The van der Waals surface area contributed by atoms with Crippen LogP contribution in [0.2, 0.25) is 0 Å². The van der Waals surface area contributed by atoms with Crippen LogP contribution in [0, 0.1) is 0 Å². The Morgan fingerprint density at radius 2 is 2.17 bits per heavy atom. The van der Waals surface area contributed by atoms with Crippen LogP contribution in [0.3, 0.4) is 0 Å². The van der Waals surface area contributed by atoms with Crippen molar-refractivity contribution in [3.63, 3.8) is 0 Å². The maximum atomic E-state index is 5.99. The van der Waals surface area contributed by atoms with Crippen LogP contribution >= 0.6 is 0 Å². The lowest BCUT2D eigenvalue weighted by Gasteiger charge is -2.22. The Labute approximate surface area is 174 Å². The van der Waals surface area contributed by atoms with Crippen LogP contribution in [-0.4, -0.2) is 72.4 Å². The highest BCUT2D eigenvalue weighted by atomic mass is 16.5. The standard InChI is InChI=1S/C22H34N6O/c1-5-23-22(28-11-10-19(17-28)20-15-25-27(4)16-20)24-14-18-8-6-7-9-21(18)29-13-12-26(2)3/h6-9,15-16,19H,5,10-14,17H2,1-4H3,(H,23,24). The number of benzene rings is 1. The zero-order valence-corrected chi connectivity index (χ0v) is 18.1. The topological polar surface area (TPSA) is 57.9 Å². The average Bonchev–Trinajstić information content (AvgIpc) is 3.35. The fourth-order valence-corrected chi connectivity index (χ4v) is 3.57. The summed E-state index contributed by atoms with van der Waals surface area (Å²) >= 11 is 0. The molecule has 0 spiro atoms. The first-order valence-corrected chi connectivity index (χ1v) is 10.4. The van der Waals surface area contributed by atoms with E-state index in [2.05, 4.69) is 53.5 Å². The number of rotatable bonds is 8. The summed E-state index contributed by atoms with van der Waals surface area (Å²) in [5.74, 6) is 2.40. The second kappa shape index (κ2) is 10.3. The number of aryl methyl sites for hydroxylation is 1. The van der Waals surface area contributed by atoms with E-state index in [1.165, 1.54) is 5.56 Å². The maximum Gasteiger partial charge on any atom is 0.194 e. The number of guanidine groups is 1. The first-order chi connectivity index (χ1) is 14.1. The molecule has 3 rings (SSSR count). The summed E-state index contributed by atoms with van der Waals surface area (Å²) < 4.78 is 7.87. The predicted molar refractivity (Wildman–Crippen MR) is 117 cm³/mol.